The van der Waals surface area contributed by atoms with Crippen LogP contribution in [0.3, 0.4) is 0 Å². The Hall–Kier alpha value is -0.840. The lowest BCUT2D eigenvalue weighted by Crippen LogP contribution is -2.27. The molecule has 1 unspecified atom stereocenters. The van der Waals surface area contributed by atoms with Gasteiger partial charge in [-0.3, -0.25) is 0 Å². The molecule has 2 aromatic carbocycles. The first-order valence-corrected chi connectivity index (χ1v) is 8.86. The van der Waals surface area contributed by atoms with Gasteiger partial charge in [0.25, 0.3) is 0 Å². The zero-order valence-electron chi connectivity index (χ0n) is 11.8. The highest BCUT2D eigenvalue weighted by Gasteiger charge is 2.24. The van der Waals surface area contributed by atoms with Crippen molar-refractivity contribution in [1.82, 2.24) is 5.32 Å². The van der Waals surface area contributed by atoms with Gasteiger partial charge in [-0.2, -0.15) is 0 Å². The third-order valence-corrected chi connectivity index (χ3v) is 5.53. The van der Waals surface area contributed by atoms with E-state index in [1.165, 1.54) is 5.56 Å². The highest BCUT2D eigenvalue weighted by atomic mass is 79.9. The molecule has 0 fully saturated rings. The number of hydrogen-bond acceptors (Lipinski definition) is 2. The Morgan fingerprint density at radius 1 is 1.24 bits per heavy atom. The predicted octanol–water partition coefficient (Wildman–Crippen LogP) is 5.48. The Morgan fingerprint density at radius 3 is 2.76 bits per heavy atom. The van der Waals surface area contributed by atoms with Gasteiger partial charge in [-0.15, -0.1) is 11.8 Å². The van der Waals surface area contributed by atoms with Crippen molar-refractivity contribution in [3.8, 4) is 0 Å². The largest absolute Gasteiger partial charge is 0.303 e. The van der Waals surface area contributed by atoms with Crippen molar-refractivity contribution < 1.29 is 4.39 Å². The van der Waals surface area contributed by atoms with Crippen LogP contribution in [0.15, 0.2) is 51.8 Å². The maximum Gasteiger partial charge on any atom is 0.137 e. The Kier molecular flexibility index (Phi) is 4.67. The van der Waals surface area contributed by atoms with Crippen LogP contribution < -0.4 is 5.32 Å². The van der Waals surface area contributed by atoms with Gasteiger partial charge < -0.3 is 5.32 Å². The first-order chi connectivity index (χ1) is 10.1. The minimum atomic E-state index is -0.0969. The monoisotopic (exact) mass is 365 g/mol. The Bertz CT molecular complexity index is 629. The lowest BCUT2D eigenvalue weighted by atomic mass is 10.0. The molecule has 0 spiro atoms. The molecule has 4 heteroatoms. The topological polar surface area (TPSA) is 12.0 Å². The van der Waals surface area contributed by atoms with Crippen LogP contribution in [-0.2, 0) is 0 Å². The molecule has 0 amide bonds. The van der Waals surface area contributed by atoms with E-state index in [9.17, 15) is 4.39 Å². The fourth-order valence-electron chi connectivity index (χ4n) is 2.71. The number of rotatable bonds is 3. The Morgan fingerprint density at radius 2 is 2.00 bits per heavy atom. The zero-order valence-corrected chi connectivity index (χ0v) is 14.2. The maximum absolute atomic E-state index is 13.9. The second-order valence-electron chi connectivity index (χ2n) is 5.29. The fourth-order valence-corrected chi connectivity index (χ4v) is 4.11. The molecular weight excluding hydrogens is 349 g/mol. The molecule has 0 aromatic heterocycles. The molecule has 2 aromatic rings. The minimum Gasteiger partial charge on any atom is -0.303 e. The third-order valence-electron chi connectivity index (χ3n) is 3.85. The summed E-state index contributed by atoms with van der Waals surface area (Å²) in [6.45, 7) is 2.16. The molecule has 3 rings (SSSR count). The van der Waals surface area contributed by atoms with Gasteiger partial charge in [-0.1, -0.05) is 40.2 Å². The summed E-state index contributed by atoms with van der Waals surface area (Å²) in [5, 5.41) is 3.64. The van der Waals surface area contributed by atoms with E-state index in [-0.39, 0.29) is 17.9 Å². The van der Waals surface area contributed by atoms with Crippen molar-refractivity contribution in [1.29, 1.82) is 0 Å². The average molecular weight is 366 g/mol. The molecule has 1 aliphatic rings. The van der Waals surface area contributed by atoms with Gasteiger partial charge >= 0.3 is 0 Å². The molecule has 0 saturated carbocycles. The van der Waals surface area contributed by atoms with E-state index in [0.29, 0.717) is 0 Å². The van der Waals surface area contributed by atoms with Crippen LogP contribution in [-0.4, -0.2) is 5.75 Å². The molecule has 21 heavy (non-hydrogen) atoms. The van der Waals surface area contributed by atoms with Gasteiger partial charge in [-0.25, -0.2) is 4.39 Å². The molecule has 1 aliphatic heterocycles. The summed E-state index contributed by atoms with van der Waals surface area (Å²) in [5.74, 6) is 0.860. The summed E-state index contributed by atoms with van der Waals surface area (Å²) < 4.78 is 15.0. The molecule has 0 saturated heterocycles. The molecule has 0 radical (unpaired) electrons. The average Bonchev–Trinajstić information content (AvgIpc) is 2.49. The van der Waals surface area contributed by atoms with Crippen molar-refractivity contribution in [2.24, 2.45) is 0 Å². The van der Waals surface area contributed by atoms with Crippen molar-refractivity contribution in [2.45, 2.75) is 30.3 Å². The van der Waals surface area contributed by atoms with Crippen LogP contribution in [0.4, 0.5) is 4.39 Å². The van der Waals surface area contributed by atoms with Gasteiger partial charge in [0.1, 0.15) is 5.82 Å². The van der Waals surface area contributed by atoms with Crippen molar-refractivity contribution in [3.63, 3.8) is 0 Å². The van der Waals surface area contributed by atoms with Crippen molar-refractivity contribution in [2.75, 3.05) is 5.75 Å². The number of benzene rings is 2. The smallest absolute Gasteiger partial charge is 0.137 e. The number of fused-ring (bicyclic) bond motifs is 1. The molecule has 2 atom stereocenters. The lowest BCUT2D eigenvalue weighted by molar-refractivity contribution is 0.444. The molecular formula is C17H17BrFNS. The van der Waals surface area contributed by atoms with Gasteiger partial charge in [-0.05, 0) is 48.4 Å². The van der Waals surface area contributed by atoms with Crippen LogP contribution in [0.1, 0.15) is 36.6 Å². The Labute approximate surface area is 137 Å². The van der Waals surface area contributed by atoms with Crippen LogP contribution >= 0.6 is 27.7 Å². The van der Waals surface area contributed by atoms with E-state index in [2.05, 4.69) is 52.4 Å². The molecule has 1 nitrogen and oxygen atoms in total. The van der Waals surface area contributed by atoms with Gasteiger partial charge in [0.2, 0.25) is 0 Å². The number of nitrogens with one attached hydrogen (secondary N) is 1. The van der Waals surface area contributed by atoms with E-state index in [0.717, 1.165) is 27.1 Å². The fraction of sp³-hybridized carbons (Fsp3) is 0.294. The van der Waals surface area contributed by atoms with Crippen LogP contribution in [0.2, 0.25) is 0 Å². The lowest BCUT2D eigenvalue weighted by Gasteiger charge is -2.29. The summed E-state index contributed by atoms with van der Waals surface area (Å²) in [6, 6.07) is 14.2. The molecule has 0 bridgehead atoms. The predicted molar refractivity (Wildman–Crippen MR) is 90.2 cm³/mol. The van der Waals surface area contributed by atoms with Gasteiger partial charge in [0.05, 0.1) is 0 Å². The van der Waals surface area contributed by atoms with Gasteiger partial charge in [0.15, 0.2) is 0 Å². The third kappa shape index (κ3) is 3.33. The van der Waals surface area contributed by atoms with Crippen LogP contribution in [0.5, 0.6) is 0 Å². The zero-order chi connectivity index (χ0) is 14.8. The summed E-state index contributed by atoms with van der Waals surface area (Å²) >= 11 is 5.08. The summed E-state index contributed by atoms with van der Waals surface area (Å²) in [7, 11) is 0. The SMILES string of the molecule is C[C@@H](NC1CCSc2c(F)cccc21)c1ccc(Br)cc1. The van der Waals surface area contributed by atoms with E-state index in [1.54, 1.807) is 23.9 Å². The second kappa shape index (κ2) is 6.51. The van der Waals surface area contributed by atoms with Crippen molar-refractivity contribution in [3.05, 3.63) is 63.9 Å². The molecule has 0 aliphatic carbocycles. The van der Waals surface area contributed by atoms with E-state index in [1.807, 2.05) is 6.07 Å². The number of halogens is 2. The highest BCUT2D eigenvalue weighted by molar-refractivity contribution is 9.10. The maximum atomic E-state index is 13.9. The van der Waals surface area contributed by atoms with E-state index >= 15 is 0 Å². The van der Waals surface area contributed by atoms with Gasteiger partial charge in [0, 0.05) is 21.5 Å². The summed E-state index contributed by atoms with van der Waals surface area (Å²) in [6.07, 6.45) is 1.03. The van der Waals surface area contributed by atoms with Crippen LogP contribution in [0.25, 0.3) is 0 Å². The molecule has 1 N–H and O–H groups in total. The quantitative estimate of drug-likeness (QED) is 0.772. The van der Waals surface area contributed by atoms with Crippen LogP contribution in [0, 0.1) is 5.82 Å². The van der Waals surface area contributed by atoms with E-state index < -0.39 is 0 Å². The second-order valence-corrected chi connectivity index (χ2v) is 7.31. The first kappa shape index (κ1) is 15.1. The van der Waals surface area contributed by atoms with E-state index in [4.69, 9.17) is 0 Å². The minimum absolute atomic E-state index is 0.0969. The standard InChI is InChI=1S/C17H17BrFNS/c1-11(12-5-7-13(18)8-6-12)20-16-9-10-21-17-14(16)3-2-4-15(17)19/h2-8,11,16,20H,9-10H2,1H3/t11-,16?/m1/s1. The summed E-state index contributed by atoms with van der Waals surface area (Å²) in [5.41, 5.74) is 2.34. The Balaban J connectivity index is 1.80. The summed E-state index contributed by atoms with van der Waals surface area (Å²) in [4.78, 5) is 0.809. The molecule has 1 heterocycles. The molecule has 110 valence electrons. The highest BCUT2D eigenvalue weighted by Crippen LogP contribution is 2.38. The number of hydrogen-bond donors (Lipinski definition) is 1. The first-order valence-electron chi connectivity index (χ1n) is 7.08. The normalized spacial score (nSPS) is 19.1. The van der Waals surface area contributed by atoms with Crippen molar-refractivity contribution >= 4 is 27.7 Å². The number of thioether (sulfide) groups is 1.